The fourth-order valence-corrected chi connectivity index (χ4v) is 3.51. The van der Waals surface area contributed by atoms with E-state index in [1.54, 1.807) is 0 Å². The van der Waals surface area contributed by atoms with Gasteiger partial charge >= 0.3 is 0 Å². The van der Waals surface area contributed by atoms with Gasteiger partial charge in [0.1, 0.15) is 0 Å². The first kappa shape index (κ1) is 19.6. The molecule has 2 heterocycles. The molecule has 2 aliphatic rings. The molecule has 136 valence electrons. The van der Waals surface area contributed by atoms with Crippen molar-refractivity contribution in [3.63, 3.8) is 0 Å². The molecule has 0 amide bonds. The molecule has 0 aliphatic carbocycles. The predicted molar refractivity (Wildman–Crippen MR) is 106 cm³/mol. The highest BCUT2D eigenvalue weighted by Crippen LogP contribution is 2.30. The molecule has 4 heteroatoms. The summed E-state index contributed by atoms with van der Waals surface area (Å²) in [4.78, 5) is 2.36. The van der Waals surface area contributed by atoms with Crippen molar-refractivity contribution in [1.82, 2.24) is 21.7 Å². The van der Waals surface area contributed by atoms with Crippen LogP contribution < -0.4 is 16.8 Å². The fraction of sp³-hybridized carbons (Fsp3) is 0.429. The molecule has 5 N–H and O–H groups in total. The number of rotatable bonds is 2. The normalized spacial score (nSPS) is 23.2. The lowest BCUT2D eigenvalue weighted by Crippen LogP contribution is -2.45. The number of hydrogen-bond donors (Lipinski definition) is 3. The standard InChI is InChI=1S/C16H18N2.C5H11N.H3N/c1-3-7-13(8-4-1)15-16(18-12-11-17-15)14-9-5-2-6-10-14;1-6-4-2-3-5-6;/h1-10,15-18H,11-12H2;2-5H2,1H3;1H3. The number of piperazine rings is 1. The van der Waals surface area contributed by atoms with Crippen LogP contribution >= 0.6 is 0 Å². The van der Waals surface area contributed by atoms with Crippen molar-refractivity contribution in [3.8, 4) is 0 Å². The van der Waals surface area contributed by atoms with Crippen LogP contribution in [0.15, 0.2) is 60.7 Å². The molecule has 2 aromatic carbocycles. The van der Waals surface area contributed by atoms with E-state index in [1.807, 2.05) is 0 Å². The zero-order valence-electron chi connectivity index (χ0n) is 15.3. The highest BCUT2D eigenvalue weighted by atomic mass is 15.1. The Balaban J connectivity index is 0.000000275. The Hall–Kier alpha value is -1.72. The number of likely N-dealkylation sites (tertiary alicyclic amines) is 1. The molecule has 2 unspecified atom stereocenters. The van der Waals surface area contributed by atoms with Gasteiger partial charge in [-0.05, 0) is 44.1 Å². The average Bonchev–Trinajstić information content (AvgIpc) is 3.15. The quantitative estimate of drug-likeness (QED) is 0.782. The highest BCUT2D eigenvalue weighted by molar-refractivity contribution is 5.28. The van der Waals surface area contributed by atoms with Crippen molar-refractivity contribution in [1.29, 1.82) is 0 Å². The Morgan fingerprint density at radius 1 is 0.720 bits per heavy atom. The molecule has 0 radical (unpaired) electrons. The van der Waals surface area contributed by atoms with E-state index in [4.69, 9.17) is 0 Å². The van der Waals surface area contributed by atoms with E-state index in [9.17, 15) is 0 Å². The second-order valence-corrected chi connectivity index (χ2v) is 6.70. The maximum atomic E-state index is 3.62. The summed E-state index contributed by atoms with van der Waals surface area (Å²) < 4.78 is 0. The molecule has 2 fully saturated rings. The van der Waals surface area contributed by atoms with E-state index in [0.717, 1.165) is 13.1 Å². The van der Waals surface area contributed by atoms with E-state index < -0.39 is 0 Å². The van der Waals surface area contributed by atoms with Gasteiger partial charge < -0.3 is 21.7 Å². The summed E-state index contributed by atoms with van der Waals surface area (Å²) in [5, 5.41) is 7.24. The first-order valence-corrected chi connectivity index (χ1v) is 9.10. The average molecular weight is 341 g/mol. The number of nitrogens with zero attached hydrogens (tertiary/aromatic N) is 1. The van der Waals surface area contributed by atoms with Crippen molar-refractivity contribution in [2.75, 3.05) is 33.2 Å². The van der Waals surface area contributed by atoms with Crippen LogP contribution in [0.4, 0.5) is 0 Å². The summed E-state index contributed by atoms with van der Waals surface area (Å²) in [6.07, 6.45) is 2.83. The Labute approximate surface area is 152 Å². The third kappa shape index (κ3) is 5.65. The van der Waals surface area contributed by atoms with Crippen LogP contribution in [0.3, 0.4) is 0 Å². The van der Waals surface area contributed by atoms with E-state index in [-0.39, 0.29) is 6.15 Å². The zero-order valence-corrected chi connectivity index (χ0v) is 15.3. The van der Waals surface area contributed by atoms with Crippen LogP contribution in [0.5, 0.6) is 0 Å². The van der Waals surface area contributed by atoms with Gasteiger partial charge in [0.15, 0.2) is 0 Å². The molecule has 2 aromatic rings. The Morgan fingerprint density at radius 3 is 1.44 bits per heavy atom. The van der Waals surface area contributed by atoms with Gasteiger partial charge in [0.2, 0.25) is 0 Å². The highest BCUT2D eigenvalue weighted by Gasteiger charge is 2.26. The number of nitrogens with one attached hydrogen (secondary N) is 2. The van der Waals surface area contributed by atoms with Gasteiger partial charge in [0.05, 0.1) is 12.1 Å². The lowest BCUT2D eigenvalue weighted by Gasteiger charge is -2.34. The van der Waals surface area contributed by atoms with Crippen LogP contribution in [-0.2, 0) is 0 Å². The van der Waals surface area contributed by atoms with E-state index in [2.05, 4.69) is 83.2 Å². The van der Waals surface area contributed by atoms with Crippen LogP contribution in [0.1, 0.15) is 36.1 Å². The summed E-state index contributed by atoms with van der Waals surface area (Å²) in [6, 6.07) is 22.0. The summed E-state index contributed by atoms with van der Waals surface area (Å²) >= 11 is 0. The van der Waals surface area contributed by atoms with Crippen LogP contribution in [0.25, 0.3) is 0 Å². The van der Waals surface area contributed by atoms with Gasteiger partial charge in [-0.25, -0.2) is 0 Å². The topological polar surface area (TPSA) is 62.3 Å². The van der Waals surface area contributed by atoms with Gasteiger partial charge in [0, 0.05) is 13.1 Å². The SMILES string of the molecule is CN1CCCC1.N.c1ccc(C2NCCNC2c2ccccc2)cc1. The Morgan fingerprint density at radius 2 is 1.12 bits per heavy atom. The van der Waals surface area contributed by atoms with Crippen molar-refractivity contribution in [3.05, 3.63) is 71.8 Å². The van der Waals surface area contributed by atoms with Gasteiger partial charge in [-0.3, -0.25) is 0 Å². The van der Waals surface area contributed by atoms with E-state index >= 15 is 0 Å². The van der Waals surface area contributed by atoms with E-state index in [0.29, 0.717) is 12.1 Å². The summed E-state index contributed by atoms with van der Waals surface area (Å²) in [6.45, 7) is 4.67. The monoisotopic (exact) mass is 340 g/mol. The minimum atomic E-state index is 0. The number of benzene rings is 2. The first-order chi connectivity index (χ1) is 11.8. The van der Waals surface area contributed by atoms with Crippen molar-refractivity contribution < 1.29 is 0 Å². The largest absolute Gasteiger partial charge is 0.344 e. The molecule has 25 heavy (non-hydrogen) atoms. The summed E-state index contributed by atoms with van der Waals surface area (Å²) in [7, 11) is 2.17. The van der Waals surface area contributed by atoms with Gasteiger partial charge in [-0.1, -0.05) is 60.7 Å². The van der Waals surface area contributed by atoms with Crippen LogP contribution in [0.2, 0.25) is 0 Å². The lowest BCUT2D eigenvalue weighted by atomic mass is 9.92. The molecule has 4 rings (SSSR count). The predicted octanol–water partition coefficient (Wildman–Crippen LogP) is 3.54. The summed E-state index contributed by atoms with van der Waals surface area (Å²) in [5.41, 5.74) is 2.69. The molecule has 0 aromatic heterocycles. The van der Waals surface area contributed by atoms with Crippen molar-refractivity contribution >= 4 is 0 Å². The first-order valence-electron chi connectivity index (χ1n) is 9.10. The molecular formula is C21H32N4. The Bertz CT molecular complexity index is 534. The van der Waals surface area contributed by atoms with Crippen LogP contribution in [-0.4, -0.2) is 38.1 Å². The van der Waals surface area contributed by atoms with Crippen molar-refractivity contribution in [2.24, 2.45) is 0 Å². The third-order valence-corrected chi connectivity index (χ3v) is 4.83. The maximum Gasteiger partial charge on any atom is 0.0518 e. The second-order valence-electron chi connectivity index (χ2n) is 6.70. The molecule has 2 aliphatic heterocycles. The minimum Gasteiger partial charge on any atom is -0.344 e. The van der Waals surface area contributed by atoms with E-state index in [1.165, 1.54) is 37.1 Å². The molecule has 0 spiro atoms. The van der Waals surface area contributed by atoms with Crippen molar-refractivity contribution in [2.45, 2.75) is 24.9 Å². The lowest BCUT2D eigenvalue weighted by molar-refractivity contribution is 0.333. The van der Waals surface area contributed by atoms with Gasteiger partial charge in [0.25, 0.3) is 0 Å². The number of hydrogen-bond acceptors (Lipinski definition) is 4. The smallest absolute Gasteiger partial charge is 0.0518 e. The zero-order chi connectivity index (χ0) is 16.6. The molecule has 2 atom stereocenters. The van der Waals surface area contributed by atoms with Gasteiger partial charge in [-0.15, -0.1) is 0 Å². The molecule has 4 nitrogen and oxygen atoms in total. The fourth-order valence-electron chi connectivity index (χ4n) is 3.51. The second kappa shape index (κ2) is 10.3. The minimum absolute atomic E-state index is 0. The molecule has 0 saturated carbocycles. The maximum absolute atomic E-state index is 3.62. The molecular weight excluding hydrogens is 308 g/mol. The van der Waals surface area contributed by atoms with Gasteiger partial charge in [-0.2, -0.15) is 0 Å². The third-order valence-electron chi connectivity index (χ3n) is 4.83. The summed E-state index contributed by atoms with van der Waals surface area (Å²) in [5.74, 6) is 0. The molecule has 0 bridgehead atoms. The van der Waals surface area contributed by atoms with Crippen LogP contribution in [0, 0.1) is 0 Å². The Kier molecular flexibility index (Phi) is 8.09. The molecule has 2 saturated heterocycles.